The van der Waals surface area contributed by atoms with Crippen LogP contribution in [0.25, 0.3) is 0 Å². The molecule has 244 valence electrons. The van der Waals surface area contributed by atoms with Crippen LogP contribution >= 0.6 is 0 Å². The van der Waals surface area contributed by atoms with Gasteiger partial charge in [0, 0.05) is 26.3 Å². The van der Waals surface area contributed by atoms with Gasteiger partial charge in [0.2, 0.25) is 0 Å². The SMILES string of the molecule is CC(=O)Oc1cc2c(OC(C)=O)c(c1OC(C)=O)CCCCCCCCCCCCCCCCCCCCCCCCC2. The fourth-order valence-corrected chi connectivity index (χ4v) is 6.23. The van der Waals surface area contributed by atoms with Crippen molar-refractivity contribution in [2.24, 2.45) is 0 Å². The molecule has 2 rings (SSSR count). The van der Waals surface area contributed by atoms with Gasteiger partial charge in [0.25, 0.3) is 0 Å². The summed E-state index contributed by atoms with van der Waals surface area (Å²) in [5, 5.41) is 0. The van der Waals surface area contributed by atoms with E-state index in [0.29, 0.717) is 24.2 Å². The normalized spacial score (nSPS) is 18.4. The summed E-state index contributed by atoms with van der Waals surface area (Å²) in [4.78, 5) is 36.3. The van der Waals surface area contributed by atoms with Gasteiger partial charge in [0.15, 0.2) is 11.5 Å². The number of fused-ring (bicyclic) bond motifs is 2. The maximum Gasteiger partial charge on any atom is 0.308 e. The minimum Gasteiger partial charge on any atom is -0.426 e. The highest BCUT2D eigenvalue weighted by Crippen LogP contribution is 2.43. The first-order chi connectivity index (χ1) is 20.9. The van der Waals surface area contributed by atoms with Gasteiger partial charge in [-0.25, -0.2) is 0 Å². The summed E-state index contributed by atoms with van der Waals surface area (Å²) in [6.07, 6.45) is 30.4. The van der Waals surface area contributed by atoms with Crippen molar-refractivity contribution < 1.29 is 28.6 Å². The Kier molecular flexibility index (Phi) is 19.8. The third-order valence-electron chi connectivity index (χ3n) is 8.49. The molecule has 0 heterocycles. The fourth-order valence-electron chi connectivity index (χ4n) is 6.23. The van der Waals surface area contributed by atoms with Crippen LogP contribution in [0, 0.1) is 0 Å². The molecule has 0 spiro atoms. The quantitative estimate of drug-likeness (QED) is 0.254. The van der Waals surface area contributed by atoms with E-state index in [9.17, 15) is 14.4 Å². The van der Waals surface area contributed by atoms with E-state index >= 15 is 0 Å². The number of esters is 3. The number of carbonyl (C=O) groups is 3. The maximum absolute atomic E-state index is 12.2. The number of benzene rings is 1. The Hall–Kier alpha value is -2.37. The van der Waals surface area contributed by atoms with Gasteiger partial charge < -0.3 is 14.2 Å². The zero-order valence-electron chi connectivity index (χ0n) is 27.7. The van der Waals surface area contributed by atoms with Crippen LogP contribution in [-0.2, 0) is 27.2 Å². The summed E-state index contributed by atoms with van der Waals surface area (Å²) in [5.41, 5.74) is 1.47. The molecule has 0 fully saturated rings. The Bertz CT molecular complexity index is 953. The average molecular weight is 601 g/mol. The van der Waals surface area contributed by atoms with Crippen LogP contribution in [0.4, 0.5) is 0 Å². The molecule has 2 bridgehead atoms. The molecule has 1 aliphatic carbocycles. The molecule has 0 radical (unpaired) electrons. The zero-order chi connectivity index (χ0) is 31.1. The van der Waals surface area contributed by atoms with Crippen molar-refractivity contribution in [2.75, 3.05) is 0 Å². The van der Waals surface area contributed by atoms with E-state index in [0.717, 1.165) is 37.7 Å². The summed E-state index contributed by atoms with van der Waals surface area (Å²) in [5.74, 6) is -0.517. The van der Waals surface area contributed by atoms with Crippen molar-refractivity contribution in [1.82, 2.24) is 0 Å². The topological polar surface area (TPSA) is 78.9 Å². The Morgan fingerprint density at radius 1 is 0.419 bits per heavy atom. The highest BCUT2D eigenvalue weighted by Gasteiger charge is 2.24. The zero-order valence-corrected chi connectivity index (χ0v) is 27.7. The summed E-state index contributed by atoms with van der Waals surface area (Å²) >= 11 is 0. The molecule has 0 aliphatic heterocycles. The molecule has 43 heavy (non-hydrogen) atoms. The Labute approximate surface area is 262 Å². The molecule has 1 aromatic rings. The van der Waals surface area contributed by atoms with Crippen molar-refractivity contribution in [2.45, 2.75) is 181 Å². The summed E-state index contributed by atoms with van der Waals surface area (Å²) in [6.45, 7) is 4.06. The molecule has 0 unspecified atom stereocenters. The van der Waals surface area contributed by atoms with Gasteiger partial charge in [-0.3, -0.25) is 14.4 Å². The number of hydrogen-bond donors (Lipinski definition) is 0. The largest absolute Gasteiger partial charge is 0.426 e. The molecular formula is C37H60O6. The van der Waals surface area contributed by atoms with Gasteiger partial charge >= 0.3 is 17.9 Å². The molecule has 1 aromatic carbocycles. The maximum atomic E-state index is 12.2. The molecule has 0 atom stereocenters. The fraction of sp³-hybridized carbons (Fsp3) is 0.757. The van der Waals surface area contributed by atoms with Gasteiger partial charge in [0.1, 0.15) is 5.75 Å². The molecule has 0 saturated heterocycles. The molecule has 6 nitrogen and oxygen atoms in total. The number of carbonyl (C=O) groups excluding carboxylic acids is 3. The van der Waals surface area contributed by atoms with E-state index in [1.807, 2.05) is 0 Å². The first-order valence-corrected chi connectivity index (χ1v) is 17.6. The summed E-state index contributed by atoms with van der Waals surface area (Å²) in [6, 6.07) is 1.72. The van der Waals surface area contributed by atoms with Crippen LogP contribution in [-0.4, -0.2) is 17.9 Å². The van der Waals surface area contributed by atoms with Crippen molar-refractivity contribution in [3.05, 3.63) is 17.2 Å². The second-order valence-electron chi connectivity index (χ2n) is 12.6. The first-order valence-electron chi connectivity index (χ1n) is 17.6. The lowest BCUT2D eigenvalue weighted by molar-refractivity contribution is -0.134. The van der Waals surface area contributed by atoms with Crippen LogP contribution in [0.15, 0.2) is 6.07 Å². The number of aryl methyl sites for hydroxylation is 1. The Morgan fingerprint density at radius 3 is 1.07 bits per heavy atom. The van der Waals surface area contributed by atoms with Crippen LogP contribution in [0.3, 0.4) is 0 Å². The van der Waals surface area contributed by atoms with E-state index in [1.54, 1.807) is 6.07 Å². The lowest BCUT2D eigenvalue weighted by atomic mass is 9.96. The van der Waals surface area contributed by atoms with Crippen molar-refractivity contribution >= 4 is 17.9 Å². The van der Waals surface area contributed by atoms with Gasteiger partial charge in [-0.05, 0) is 37.3 Å². The molecule has 0 N–H and O–H groups in total. The second-order valence-corrected chi connectivity index (χ2v) is 12.6. The predicted octanol–water partition coefficient (Wildman–Crippen LogP) is 10.5. The minimum atomic E-state index is -0.506. The van der Waals surface area contributed by atoms with Crippen LogP contribution in [0.2, 0.25) is 0 Å². The smallest absolute Gasteiger partial charge is 0.308 e. The third-order valence-corrected chi connectivity index (χ3v) is 8.49. The summed E-state index contributed by atoms with van der Waals surface area (Å²) in [7, 11) is 0. The Morgan fingerprint density at radius 2 is 0.721 bits per heavy atom. The summed E-state index contributed by atoms with van der Waals surface area (Å²) < 4.78 is 16.9. The minimum absolute atomic E-state index is 0.197. The second kappa shape index (κ2) is 23.1. The van der Waals surface area contributed by atoms with E-state index in [4.69, 9.17) is 14.2 Å². The number of ether oxygens (including phenoxy) is 3. The van der Waals surface area contributed by atoms with Gasteiger partial charge in [-0.1, -0.05) is 135 Å². The molecule has 0 amide bonds. The third kappa shape index (κ3) is 16.9. The lowest BCUT2D eigenvalue weighted by Gasteiger charge is -2.20. The number of rotatable bonds is 3. The van der Waals surface area contributed by atoms with E-state index < -0.39 is 17.9 Å². The van der Waals surface area contributed by atoms with Gasteiger partial charge in [0.05, 0.1) is 0 Å². The molecule has 6 heteroatoms. The standard InChI is InChI=1S/C37H60O6/c1-30(38)41-35-29-33-27-25-23-21-19-17-15-13-11-9-7-5-4-6-8-10-12-14-16-18-20-22-24-26-28-34(36(33)42-31(2)39)37(35)43-32(3)40/h29H,4-28H2,1-3H3. The lowest BCUT2D eigenvalue weighted by Crippen LogP contribution is -2.13. The Balaban J connectivity index is 2.15. The van der Waals surface area contributed by atoms with E-state index in [1.165, 1.54) is 136 Å². The molecule has 0 saturated carbocycles. The number of hydrogen-bond acceptors (Lipinski definition) is 6. The molecule has 1 aliphatic rings. The van der Waals surface area contributed by atoms with Crippen LogP contribution in [0.1, 0.15) is 180 Å². The molecule has 0 aromatic heterocycles. The van der Waals surface area contributed by atoms with Crippen LogP contribution in [0.5, 0.6) is 17.2 Å². The van der Waals surface area contributed by atoms with E-state index in [2.05, 4.69) is 0 Å². The first kappa shape index (κ1) is 36.8. The molecular weight excluding hydrogens is 540 g/mol. The predicted molar refractivity (Wildman–Crippen MR) is 174 cm³/mol. The van der Waals surface area contributed by atoms with Crippen molar-refractivity contribution in [1.29, 1.82) is 0 Å². The highest BCUT2D eigenvalue weighted by molar-refractivity contribution is 5.77. The van der Waals surface area contributed by atoms with Gasteiger partial charge in [-0.15, -0.1) is 0 Å². The average Bonchev–Trinajstić information content (AvgIpc) is 2.94. The monoisotopic (exact) mass is 600 g/mol. The van der Waals surface area contributed by atoms with Crippen molar-refractivity contribution in [3.8, 4) is 17.2 Å². The van der Waals surface area contributed by atoms with Crippen LogP contribution < -0.4 is 14.2 Å². The van der Waals surface area contributed by atoms with Gasteiger partial charge in [-0.2, -0.15) is 0 Å². The highest BCUT2D eigenvalue weighted by atomic mass is 16.6. The van der Waals surface area contributed by atoms with Crippen molar-refractivity contribution in [3.63, 3.8) is 0 Å². The van der Waals surface area contributed by atoms with E-state index in [-0.39, 0.29) is 11.5 Å².